The monoisotopic (exact) mass is 285 g/mol. The van der Waals surface area contributed by atoms with Crippen LogP contribution in [0.5, 0.6) is 0 Å². The van der Waals surface area contributed by atoms with Crippen molar-refractivity contribution < 1.29 is 27.5 Å². The quantitative estimate of drug-likeness (QED) is 0.904. The first-order chi connectivity index (χ1) is 9.38. The maximum Gasteiger partial charge on any atom is 0.371 e. The van der Waals surface area contributed by atoms with Gasteiger partial charge in [-0.15, -0.1) is 0 Å². The van der Waals surface area contributed by atoms with Crippen LogP contribution in [-0.4, -0.2) is 11.1 Å². The number of carbonyl (C=O) groups is 1. The number of furan rings is 1. The molecule has 0 radical (unpaired) electrons. The minimum Gasteiger partial charge on any atom is -0.475 e. The van der Waals surface area contributed by atoms with Crippen LogP contribution in [0.3, 0.4) is 0 Å². The summed E-state index contributed by atoms with van der Waals surface area (Å²) >= 11 is 0. The molecule has 106 valence electrons. The van der Waals surface area contributed by atoms with E-state index in [1.165, 1.54) is 13.0 Å². The van der Waals surface area contributed by atoms with Crippen molar-refractivity contribution in [2.24, 2.45) is 0 Å². The zero-order valence-corrected chi connectivity index (χ0v) is 10.3. The predicted octanol–water partition coefficient (Wildman–Crippen LogP) is 3.32. The van der Waals surface area contributed by atoms with E-state index >= 15 is 0 Å². The smallest absolute Gasteiger partial charge is 0.371 e. The van der Waals surface area contributed by atoms with Gasteiger partial charge < -0.3 is 14.8 Å². The van der Waals surface area contributed by atoms with E-state index in [2.05, 4.69) is 5.32 Å². The standard InChI is InChI=1S/C13H10F3NO3/c1-6-7(2-11(20-6)13(18)19)5-17-12-9(15)3-8(14)4-10(12)16/h2-4,17H,5H2,1H3,(H,18,19). The maximum atomic E-state index is 13.4. The average Bonchev–Trinajstić information content (AvgIpc) is 2.70. The molecule has 1 heterocycles. The molecule has 0 fully saturated rings. The van der Waals surface area contributed by atoms with Gasteiger partial charge >= 0.3 is 5.97 Å². The molecule has 2 rings (SSSR count). The second-order valence-corrected chi connectivity index (χ2v) is 4.10. The highest BCUT2D eigenvalue weighted by atomic mass is 19.1. The summed E-state index contributed by atoms with van der Waals surface area (Å²) in [5, 5.41) is 11.2. The maximum absolute atomic E-state index is 13.4. The summed E-state index contributed by atoms with van der Waals surface area (Å²) in [7, 11) is 0. The first-order valence-corrected chi connectivity index (χ1v) is 5.59. The van der Waals surface area contributed by atoms with Crippen molar-refractivity contribution in [1.29, 1.82) is 0 Å². The third-order valence-corrected chi connectivity index (χ3v) is 2.69. The zero-order chi connectivity index (χ0) is 14.9. The molecule has 0 amide bonds. The molecule has 0 aliphatic rings. The van der Waals surface area contributed by atoms with E-state index in [-0.39, 0.29) is 12.3 Å². The van der Waals surface area contributed by atoms with Crippen LogP contribution in [0.25, 0.3) is 0 Å². The number of hydrogen-bond donors (Lipinski definition) is 2. The number of carboxylic acids is 1. The van der Waals surface area contributed by atoms with E-state index in [0.29, 0.717) is 23.5 Å². The van der Waals surface area contributed by atoms with Crippen molar-refractivity contribution in [2.75, 3.05) is 5.32 Å². The van der Waals surface area contributed by atoms with E-state index in [4.69, 9.17) is 9.52 Å². The highest BCUT2D eigenvalue weighted by molar-refractivity contribution is 5.84. The minimum atomic E-state index is -1.24. The molecular formula is C13H10F3NO3. The lowest BCUT2D eigenvalue weighted by Crippen LogP contribution is -2.04. The molecule has 1 aromatic carbocycles. The van der Waals surface area contributed by atoms with Crippen LogP contribution in [-0.2, 0) is 6.54 Å². The van der Waals surface area contributed by atoms with Gasteiger partial charge in [-0.25, -0.2) is 18.0 Å². The van der Waals surface area contributed by atoms with Crippen molar-refractivity contribution in [3.05, 3.63) is 52.7 Å². The molecule has 20 heavy (non-hydrogen) atoms. The molecule has 0 saturated carbocycles. The number of rotatable bonds is 4. The second kappa shape index (κ2) is 5.28. The second-order valence-electron chi connectivity index (χ2n) is 4.10. The van der Waals surface area contributed by atoms with E-state index in [1.54, 1.807) is 0 Å². The highest BCUT2D eigenvalue weighted by Gasteiger charge is 2.15. The molecule has 2 aromatic rings. The highest BCUT2D eigenvalue weighted by Crippen LogP contribution is 2.22. The SMILES string of the molecule is Cc1oc(C(=O)O)cc1CNc1c(F)cc(F)cc1F. The Morgan fingerprint density at radius 3 is 2.35 bits per heavy atom. The van der Waals surface area contributed by atoms with Crippen molar-refractivity contribution in [1.82, 2.24) is 0 Å². The van der Waals surface area contributed by atoms with Crippen LogP contribution >= 0.6 is 0 Å². The Balaban J connectivity index is 2.19. The normalized spacial score (nSPS) is 10.6. The van der Waals surface area contributed by atoms with E-state index in [1.807, 2.05) is 0 Å². The van der Waals surface area contributed by atoms with Gasteiger partial charge in [0.05, 0.1) is 0 Å². The van der Waals surface area contributed by atoms with Crippen LogP contribution in [0.2, 0.25) is 0 Å². The zero-order valence-electron chi connectivity index (χ0n) is 10.3. The lowest BCUT2D eigenvalue weighted by molar-refractivity contribution is 0.0661. The Kier molecular flexibility index (Phi) is 3.69. The Hall–Kier alpha value is -2.44. The molecule has 2 N–H and O–H groups in total. The van der Waals surface area contributed by atoms with Gasteiger partial charge in [0.25, 0.3) is 0 Å². The van der Waals surface area contributed by atoms with E-state index < -0.39 is 29.1 Å². The first-order valence-electron chi connectivity index (χ1n) is 5.59. The van der Waals surface area contributed by atoms with Crippen LogP contribution in [0.15, 0.2) is 22.6 Å². The van der Waals surface area contributed by atoms with Crippen LogP contribution in [0, 0.1) is 24.4 Å². The van der Waals surface area contributed by atoms with Gasteiger partial charge in [-0.3, -0.25) is 0 Å². The van der Waals surface area contributed by atoms with Gasteiger partial charge in [0, 0.05) is 24.2 Å². The molecule has 0 atom stereocenters. The number of benzene rings is 1. The van der Waals surface area contributed by atoms with Crippen LogP contribution in [0.4, 0.5) is 18.9 Å². The minimum absolute atomic E-state index is 0.0535. The third kappa shape index (κ3) is 2.76. The van der Waals surface area contributed by atoms with Gasteiger partial charge in [0.15, 0.2) is 11.6 Å². The van der Waals surface area contributed by atoms with Gasteiger partial charge in [0.2, 0.25) is 5.76 Å². The Bertz CT molecular complexity index is 644. The molecular weight excluding hydrogens is 275 g/mol. The van der Waals surface area contributed by atoms with Gasteiger partial charge in [-0.2, -0.15) is 0 Å². The Morgan fingerprint density at radius 1 is 1.25 bits per heavy atom. The topological polar surface area (TPSA) is 62.5 Å². The van der Waals surface area contributed by atoms with E-state index in [9.17, 15) is 18.0 Å². The van der Waals surface area contributed by atoms with Crippen LogP contribution < -0.4 is 5.32 Å². The summed E-state index contributed by atoms with van der Waals surface area (Å²) in [6, 6.07) is 2.36. The molecule has 0 saturated heterocycles. The average molecular weight is 285 g/mol. The number of nitrogens with one attached hydrogen (secondary N) is 1. The van der Waals surface area contributed by atoms with Gasteiger partial charge in [-0.05, 0) is 13.0 Å². The van der Waals surface area contributed by atoms with Gasteiger partial charge in [-0.1, -0.05) is 0 Å². The summed E-state index contributed by atoms with van der Waals surface area (Å²) in [6.07, 6.45) is 0. The fraction of sp³-hybridized carbons (Fsp3) is 0.154. The predicted molar refractivity (Wildman–Crippen MR) is 64.0 cm³/mol. The number of carboxylic acid groups (broad SMARTS) is 1. The van der Waals surface area contributed by atoms with E-state index in [0.717, 1.165) is 0 Å². The lowest BCUT2D eigenvalue weighted by atomic mass is 10.2. The largest absolute Gasteiger partial charge is 0.475 e. The number of aromatic carboxylic acids is 1. The molecule has 0 bridgehead atoms. The van der Waals surface area contributed by atoms with Crippen molar-refractivity contribution in [3.63, 3.8) is 0 Å². The van der Waals surface area contributed by atoms with Crippen molar-refractivity contribution in [3.8, 4) is 0 Å². The number of aryl methyl sites for hydroxylation is 1. The summed E-state index contributed by atoms with van der Waals surface area (Å²) in [4.78, 5) is 10.7. The first kappa shape index (κ1) is 14.0. The molecule has 1 aromatic heterocycles. The fourth-order valence-corrected chi connectivity index (χ4v) is 1.70. The number of anilines is 1. The number of halogens is 3. The molecule has 0 unspecified atom stereocenters. The summed E-state index contributed by atoms with van der Waals surface area (Å²) in [6.45, 7) is 1.48. The Morgan fingerprint density at radius 2 is 1.85 bits per heavy atom. The van der Waals surface area contributed by atoms with Crippen molar-refractivity contribution in [2.45, 2.75) is 13.5 Å². The molecule has 0 aliphatic heterocycles. The van der Waals surface area contributed by atoms with Crippen LogP contribution in [0.1, 0.15) is 21.9 Å². The number of hydrogen-bond acceptors (Lipinski definition) is 3. The summed E-state index contributed by atoms with van der Waals surface area (Å²) < 4.78 is 44.5. The lowest BCUT2D eigenvalue weighted by Gasteiger charge is -2.08. The summed E-state index contributed by atoms with van der Waals surface area (Å²) in [5.74, 6) is -4.34. The molecule has 0 aliphatic carbocycles. The molecule has 0 spiro atoms. The van der Waals surface area contributed by atoms with Crippen molar-refractivity contribution >= 4 is 11.7 Å². The van der Waals surface area contributed by atoms with Gasteiger partial charge in [0.1, 0.15) is 17.3 Å². The third-order valence-electron chi connectivity index (χ3n) is 2.69. The Labute approximate surface area is 111 Å². The fourth-order valence-electron chi connectivity index (χ4n) is 1.70. The molecule has 7 heteroatoms. The summed E-state index contributed by atoms with van der Waals surface area (Å²) in [5.41, 5.74) is -0.0469. The molecule has 4 nitrogen and oxygen atoms in total.